The van der Waals surface area contributed by atoms with Crippen molar-refractivity contribution in [3.63, 3.8) is 0 Å². The number of aliphatic hydroxyl groups excluding tert-OH is 1. The maximum atomic E-state index is 14.3. The van der Waals surface area contributed by atoms with E-state index in [9.17, 15) is 9.18 Å². The summed E-state index contributed by atoms with van der Waals surface area (Å²) in [6, 6.07) is 9.13. The van der Waals surface area contributed by atoms with Crippen LogP contribution in [-0.4, -0.2) is 53.6 Å². The van der Waals surface area contributed by atoms with Crippen LogP contribution in [0.4, 0.5) is 4.39 Å². The maximum Gasteiger partial charge on any atom is 0.263 e. The van der Waals surface area contributed by atoms with E-state index in [0.29, 0.717) is 18.5 Å². The lowest BCUT2D eigenvalue weighted by molar-refractivity contribution is 0.0198. The first kappa shape index (κ1) is 21.5. The van der Waals surface area contributed by atoms with Crippen molar-refractivity contribution < 1.29 is 14.3 Å². The summed E-state index contributed by atoms with van der Waals surface area (Å²) >= 11 is 1.58. The van der Waals surface area contributed by atoms with Crippen molar-refractivity contribution in [3.8, 4) is 0 Å². The van der Waals surface area contributed by atoms with E-state index in [1.807, 2.05) is 25.1 Å². The van der Waals surface area contributed by atoms with Gasteiger partial charge < -0.3 is 10.0 Å². The number of hydrogen-bond acceptors (Lipinski definition) is 4. The Labute approximate surface area is 182 Å². The van der Waals surface area contributed by atoms with Crippen molar-refractivity contribution in [2.75, 3.05) is 32.8 Å². The number of aliphatic hydroxyl groups is 1. The van der Waals surface area contributed by atoms with E-state index >= 15 is 0 Å². The van der Waals surface area contributed by atoms with Gasteiger partial charge in [-0.05, 0) is 81.3 Å². The second-order valence-electron chi connectivity index (χ2n) is 8.92. The summed E-state index contributed by atoms with van der Waals surface area (Å²) in [5.41, 5.74) is 1.90. The zero-order valence-electron chi connectivity index (χ0n) is 17.7. The van der Waals surface area contributed by atoms with Crippen LogP contribution >= 0.6 is 11.3 Å². The number of rotatable bonds is 5. The molecule has 30 heavy (non-hydrogen) atoms. The first-order valence-corrected chi connectivity index (χ1v) is 11.8. The number of piperidine rings is 2. The molecule has 0 unspecified atom stereocenters. The number of benzene rings is 1. The average Bonchev–Trinajstić information content (AvgIpc) is 3.18. The predicted molar refractivity (Wildman–Crippen MR) is 118 cm³/mol. The quantitative estimate of drug-likeness (QED) is 0.771. The largest absolute Gasteiger partial charge is 0.396 e. The Kier molecular flexibility index (Phi) is 6.56. The highest BCUT2D eigenvalue weighted by atomic mass is 32.1. The highest BCUT2D eigenvalue weighted by molar-refractivity contribution is 7.13. The van der Waals surface area contributed by atoms with Crippen LogP contribution in [0.5, 0.6) is 0 Å². The summed E-state index contributed by atoms with van der Waals surface area (Å²) in [5.74, 6) is 0.00929. The highest BCUT2D eigenvalue weighted by Gasteiger charge is 2.40. The van der Waals surface area contributed by atoms with E-state index in [-0.39, 0.29) is 23.7 Å². The Balaban J connectivity index is 1.36. The number of carbonyl (C=O) groups is 1. The first-order valence-electron chi connectivity index (χ1n) is 10.9. The normalized spacial score (nSPS) is 19.4. The minimum absolute atomic E-state index is 0.0809. The summed E-state index contributed by atoms with van der Waals surface area (Å²) in [6.45, 7) is 6.29. The molecule has 4 rings (SSSR count). The maximum absolute atomic E-state index is 14.3. The van der Waals surface area contributed by atoms with Gasteiger partial charge in [0.2, 0.25) is 0 Å². The summed E-state index contributed by atoms with van der Waals surface area (Å²) in [4.78, 5) is 19.3. The summed E-state index contributed by atoms with van der Waals surface area (Å²) < 4.78 is 14.3. The Morgan fingerprint density at radius 3 is 2.67 bits per heavy atom. The van der Waals surface area contributed by atoms with Crippen LogP contribution < -0.4 is 0 Å². The van der Waals surface area contributed by atoms with Gasteiger partial charge in [0.25, 0.3) is 5.91 Å². The minimum Gasteiger partial charge on any atom is -0.396 e. The Morgan fingerprint density at radius 1 is 1.17 bits per heavy atom. The molecular formula is C24H31FN2O2S. The predicted octanol–water partition coefficient (Wildman–Crippen LogP) is 4.25. The molecule has 0 saturated carbocycles. The molecule has 1 amide bonds. The third kappa shape index (κ3) is 4.76. The molecule has 3 heterocycles. The number of nitrogens with zero attached hydrogens (tertiary/aromatic N) is 2. The monoisotopic (exact) mass is 430 g/mol. The Morgan fingerprint density at radius 2 is 1.97 bits per heavy atom. The van der Waals surface area contributed by atoms with Crippen molar-refractivity contribution in [3.05, 3.63) is 57.0 Å². The van der Waals surface area contributed by atoms with Crippen LogP contribution in [0.2, 0.25) is 0 Å². The van der Waals surface area contributed by atoms with E-state index < -0.39 is 0 Å². The van der Waals surface area contributed by atoms with Gasteiger partial charge in [0, 0.05) is 36.7 Å². The number of hydrogen-bond donors (Lipinski definition) is 1. The molecule has 2 aliphatic rings. The van der Waals surface area contributed by atoms with E-state index in [1.54, 1.807) is 17.4 Å². The fourth-order valence-electron chi connectivity index (χ4n) is 4.95. The summed E-state index contributed by atoms with van der Waals surface area (Å²) in [7, 11) is 0. The van der Waals surface area contributed by atoms with Gasteiger partial charge in [-0.25, -0.2) is 4.39 Å². The van der Waals surface area contributed by atoms with Gasteiger partial charge in [-0.3, -0.25) is 9.69 Å². The molecule has 2 aliphatic heterocycles. The molecule has 2 aromatic rings. The molecule has 0 bridgehead atoms. The van der Waals surface area contributed by atoms with E-state index in [1.165, 1.54) is 17.4 Å². The highest BCUT2D eigenvalue weighted by Crippen LogP contribution is 2.40. The molecule has 4 nitrogen and oxygen atoms in total. The van der Waals surface area contributed by atoms with E-state index in [4.69, 9.17) is 5.11 Å². The van der Waals surface area contributed by atoms with E-state index in [0.717, 1.165) is 55.9 Å². The van der Waals surface area contributed by atoms with E-state index in [2.05, 4.69) is 9.80 Å². The van der Waals surface area contributed by atoms with Gasteiger partial charge >= 0.3 is 0 Å². The number of thiophene rings is 1. The molecule has 0 radical (unpaired) electrons. The van der Waals surface area contributed by atoms with Gasteiger partial charge in [0.15, 0.2) is 0 Å². The lowest BCUT2D eigenvalue weighted by Crippen LogP contribution is -2.50. The van der Waals surface area contributed by atoms with Gasteiger partial charge in [0.05, 0.1) is 4.88 Å². The zero-order chi connectivity index (χ0) is 21.1. The van der Waals surface area contributed by atoms with Crippen molar-refractivity contribution >= 4 is 17.2 Å². The van der Waals surface area contributed by atoms with Crippen molar-refractivity contribution in [1.29, 1.82) is 0 Å². The second-order valence-corrected chi connectivity index (χ2v) is 10.2. The SMILES string of the molecule is Cc1ccc(C(=O)N2CCCC3(CCN(Cc4cc(CCO)ccc4F)CC3)C2)s1. The van der Waals surface area contributed by atoms with Crippen LogP contribution in [0.25, 0.3) is 0 Å². The molecule has 1 N–H and O–H groups in total. The lowest BCUT2D eigenvalue weighted by Gasteiger charge is -2.47. The van der Waals surface area contributed by atoms with Crippen LogP contribution in [0, 0.1) is 18.2 Å². The fourth-order valence-corrected chi connectivity index (χ4v) is 5.79. The molecule has 6 heteroatoms. The standard InChI is InChI=1S/C24H31FN2O2S/c1-18-3-6-22(30-18)23(29)27-11-2-8-24(17-27)9-12-26(13-10-24)16-20-15-19(7-14-28)4-5-21(20)25/h3-6,15,28H,2,7-14,16-17H2,1H3. The third-order valence-corrected chi connectivity index (χ3v) is 7.71. The topological polar surface area (TPSA) is 43.8 Å². The van der Waals surface area contributed by atoms with Crippen molar-refractivity contribution in [2.45, 2.75) is 45.6 Å². The van der Waals surface area contributed by atoms with Gasteiger partial charge in [0.1, 0.15) is 5.82 Å². The number of aryl methyl sites for hydroxylation is 1. The fraction of sp³-hybridized carbons (Fsp3) is 0.542. The zero-order valence-corrected chi connectivity index (χ0v) is 18.5. The van der Waals surface area contributed by atoms with Crippen LogP contribution in [0.1, 0.15) is 51.4 Å². The molecule has 2 saturated heterocycles. The second kappa shape index (κ2) is 9.16. The molecule has 2 fully saturated rings. The first-order chi connectivity index (χ1) is 14.5. The van der Waals surface area contributed by atoms with Crippen LogP contribution in [-0.2, 0) is 13.0 Å². The Bertz CT molecular complexity index is 889. The molecule has 162 valence electrons. The van der Waals surface area contributed by atoms with Gasteiger partial charge in [-0.15, -0.1) is 11.3 Å². The molecular weight excluding hydrogens is 399 g/mol. The molecule has 1 aromatic carbocycles. The van der Waals surface area contributed by atoms with Gasteiger partial charge in [-0.1, -0.05) is 12.1 Å². The van der Waals surface area contributed by atoms with Crippen molar-refractivity contribution in [2.24, 2.45) is 5.41 Å². The lowest BCUT2D eigenvalue weighted by atomic mass is 9.72. The molecule has 0 atom stereocenters. The smallest absolute Gasteiger partial charge is 0.263 e. The van der Waals surface area contributed by atoms with Crippen molar-refractivity contribution in [1.82, 2.24) is 9.80 Å². The third-order valence-electron chi connectivity index (χ3n) is 6.72. The van der Waals surface area contributed by atoms with Crippen LogP contribution in [0.3, 0.4) is 0 Å². The summed E-state index contributed by atoms with van der Waals surface area (Å²) in [5, 5.41) is 9.14. The molecule has 1 aromatic heterocycles. The number of halogens is 1. The number of likely N-dealkylation sites (tertiary alicyclic amines) is 2. The van der Waals surface area contributed by atoms with Gasteiger partial charge in [-0.2, -0.15) is 0 Å². The average molecular weight is 431 g/mol. The molecule has 0 aliphatic carbocycles. The number of amides is 1. The summed E-state index contributed by atoms with van der Waals surface area (Å²) in [6.07, 6.45) is 4.91. The number of carbonyl (C=O) groups excluding carboxylic acids is 1. The Hall–Kier alpha value is -1.76. The minimum atomic E-state index is -0.169. The molecule has 1 spiro atoms. The van der Waals surface area contributed by atoms with Crippen LogP contribution in [0.15, 0.2) is 30.3 Å².